The number of rotatable bonds is 4. The van der Waals surface area contributed by atoms with Crippen molar-refractivity contribution in [2.75, 3.05) is 18.4 Å². The number of anilines is 1. The minimum absolute atomic E-state index is 0.00993. The second-order valence-electron chi connectivity index (χ2n) is 5.83. The van der Waals surface area contributed by atoms with Crippen LogP contribution in [0.2, 0.25) is 0 Å². The maximum Gasteiger partial charge on any atom is 0.321 e. The van der Waals surface area contributed by atoms with E-state index >= 15 is 0 Å². The quantitative estimate of drug-likeness (QED) is 0.837. The standard InChI is InChI=1S/C16H20N2O4/c1-3-13(19)11-5-4-6-12(9-11)17-15(22)18-8-7-16(2,10-18)14(20)21/h4-6,9H,3,7-8,10H2,1-2H3,(H,17,22)(H,20,21). The van der Waals surface area contributed by atoms with Crippen LogP contribution in [0.1, 0.15) is 37.0 Å². The van der Waals surface area contributed by atoms with Crippen molar-refractivity contribution in [3.63, 3.8) is 0 Å². The highest BCUT2D eigenvalue weighted by molar-refractivity contribution is 5.98. The van der Waals surface area contributed by atoms with Gasteiger partial charge in [0.15, 0.2) is 5.78 Å². The summed E-state index contributed by atoms with van der Waals surface area (Å²) in [6.45, 7) is 4.01. The highest BCUT2D eigenvalue weighted by Crippen LogP contribution is 2.30. The molecule has 2 amide bonds. The maximum absolute atomic E-state index is 12.2. The van der Waals surface area contributed by atoms with Gasteiger partial charge in [-0.15, -0.1) is 0 Å². The highest BCUT2D eigenvalue weighted by Gasteiger charge is 2.42. The molecule has 6 nitrogen and oxygen atoms in total. The summed E-state index contributed by atoms with van der Waals surface area (Å²) >= 11 is 0. The minimum Gasteiger partial charge on any atom is -0.481 e. The summed E-state index contributed by atoms with van der Waals surface area (Å²) in [5.74, 6) is -0.880. The van der Waals surface area contributed by atoms with E-state index in [0.717, 1.165) is 0 Å². The predicted molar refractivity (Wildman–Crippen MR) is 82.0 cm³/mol. The number of carboxylic acid groups (broad SMARTS) is 1. The van der Waals surface area contributed by atoms with Crippen molar-refractivity contribution in [3.8, 4) is 0 Å². The molecule has 1 aliphatic rings. The van der Waals surface area contributed by atoms with E-state index in [1.54, 1.807) is 38.1 Å². The van der Waals surface area contributed by atoms with E-state index < -0.39 is 11.4 Å². The van der Waals surface area contributed by atoms with E-state index in [1.165, 1.54) is 4.90 Å². The lowest BCUT2D eigenvalue weighted by molar-refractivity contribution is -0.146. The molecule has 0 aromatic heterocycles. The molecule has 2 rings (SSSR count). The van der Waals surface area contributed by atoms with Gasteiger partial charge in [0.2, 0.25) is 0 Å². The molecule has 1 atom stereocenters. The fraction of sp³-hybridized carbons (Fsp3) is 0.438. The monoisotopic (exact) mass is 304 g/mol. The average Bonchev–Trinajstić information content (AvgIpc) is 2.91. The number of hydrogen-bond donors (Lipinski definition) is 2. The minimum atomic E-state index is -0.892. The third-order valence-electron chi connectivity index (χ3n) is 4.03. The number of amides is 2. The number of likely N-dealkylation sites (tertiary alicyclic amines) is 1. The first-order chi connectivity index (χ1) is 10.4. The Morgan fingerprint density at radius 2 is 2.09 bits per heavy atom. The van der Waals surface area contributed by atoms with Gasteiger partial charge < -0.3 is 15.3 Å². The van der Waals surface area contributed by atoms with Crippen LogP contribution in [-0.2, 0) is 4.79 Å². The van der Waals surface area contributed by atoms with E-state index in [9.17, 15) is 19.5 Å². The van der Waals surface area contributed by atoms with Crippen LogP contribution in [0.25, 0.3) is 0 Å². The number of aliphatic carboxylic acids is 1. The third-order valence-corrected chi connectivity index (χ3v) is 4.03. The molecule has 0 saturated carbocycles. The van der Waals surface area contributed by atoms with Crippen molar-refractivity contribution in [1.29, 1.82) is 0 Å². The van der Waals surface area contributed by atoms with Gasteiger partial charge >= 0.3 is 12.0 Å². The van der Waals surface area contributed by atoms with Crippen LogP contribution >= 0.6 is 0 Å². The van der Waals surface area contributed by atoms with Gasteiger partial charge in [0.05, 0.1) is 5.41 Å². The number of nitrogens with zero attached hydrogens (tertiary/aromatic N) is 1. The van der Waals surface area contributed by atoms with Gasteiger partial charge in [0.1, 0.15) is 0 Å². The van der Waals surface area contributed by atoms with Crippen LogP contribution in [0.5, 0.6) is 0 Å². The zero-order chi connectivity index (χ0) is 16.3. The lowest BCUT2D eigenvalue weighted by Crippen LogP contribution is -2.37. The molecule has 1 saturated heterocycles. The molecule has 0 spiro atoms. The predicted octanol–water partition coefficient (Wildman–Crippen LogP) is 2.61. The first-order valence-electron chi connectivity index (χ1n) is 7.28. The fourth-order valence-corrected chi connectivity index (χ4v) is 2.49. The molecule has 0 radical (unpaired) electrons. The number of benzene rings is 1. The number of urea groups is 1. The Morgan fingerprint density at radius 1 is 1.36 bits per heavy atom. The summed E-state index contributed by atoms with van der Waals surface area (Å²) in [4.78, 5) is 36.6. The molecule has 0 bridgehead atoms. The van der Waals surface area contributed by atoms with E-state index in [1.807, 2.05) is 0 Å². The maximum atomic E-state index is 12.2. The van der Waals surface area contributed by atoms with Crippen LogP contribution in [0.15, 0.2) is 24.3 Å². The summed E-state index contributed by atoms with van der Waals surface area (Å²) in [7, 11) is 0. The van der Waals surface area contributed by atoms with Gasteiger partial charge in [-0.1, -0.05) is 19.1 Å². The van der Waals surface area contributed by atoms with Crippen molar-refractivity contribution >= 4 is 23.5 Å². The first-order valence-corrected chi connectivity index (χ1v) is 7.28. The molecule has 118 valence electrons. The van der Waals surface area contributed by atoms with Crippen molar-refractivity contribution in [2.24, 2.45) is 5.41 Å². The zero-order valence-corrected chi connectivity index (χ0v) is 12.8. The molecule has 0 aliphatic carbocycles. The number of carbonyl (C=O) groups is 3. The topological polar surface area (TPSA) is 86.7 Å². The second-order valence-corrected chi connectivity index (χ2v) is 5.83. The largest absolute Gasteiger partial charge is 0.481 e. The lowest BCUT2D eigenvalue weighted by Gasteiger charge is -2.20. The molecule has 6 heteroatoms. The molecular formula is C16H20N2O4. The van der Waals surface area contributed by atoms with Gasteiger partial charge in [-0.3, -0.25) is 9.59 Å². The van der Waals surface area contributed by atoms with Crippen LogP contribution in [0, 0.1) is 5.41 Å². The Balaban J connectivity index is 2.04. The molecule has 1 unspecified atom stereocenters. The molecule has 1 aromatic rings. The molecule has 22 heavy (non-hydrogen) atoms. The van der Waals surface area contributed by atoms with Gasteiger partial charge in [-0.2, -0.15) is 0 Å². The van der Waals surface area contributed by atoms with Crippen LogP contribution in [0.4, 0.5) is 10.5 Å². The van der Waals surface area contributed by atoms with Crippen LogP contribution in [-0.4, -0.2) is 40.9 Å². The number of hydrogen-bond acceptors (Lipinski definition) is 3. The van der Waals surface area contributed by atoms with E-state index in [0.29, 0.717) is 30.6 Å². The molecule has 1 heterocycles. The Kier molecular flexibility index (Phi) is 4.49. The summed E-state index contributed by atoms with van der Waals surface area (Å²) in [5.41, 5.74) is 0.197. The van der Waals surface area contributed by atoms with E-state index in [-0.39, 0.29) is 18.4 Å². The van der Waals surface area contributed by atoms with Gasteiger partial charge in [0, 0.05) is 30.8 Å². The van der Waals surface area contributed by atoms with Gasteiger partial charge in [0.25, 0.3) is 0 Å². The van der Waals surface area contributed by atoms with Crippen molar-refractivity contribution in [1.82, 2.24) is 4.90 Å². The van der Waals surface area contributed by atoms with Crippen molar-refractivity contribution in [2.45, 2.75) is 26.7 Å². The second kappa shape index (κ2) is 6.17. The summed E-state index contributed by atoms with van der Waals surface area (Å²) in [6, 6.07) is 6.42. The summed E-state index contributed by atoms with van der Waals surface area (Å²) in [6.07, 6.45) is 0.838. The highest BCUT2D eigenvalue weighted by atomic mass is 16.4. The van der Waals surface area contributed by atoms with Gasteiger partial charge in [-0.25, -0.2) is 4.79 Å². The number of carboxylic acids is 1. The van der Waals surface area contributed by atoms with Crippen molar-refractivity contribution < 1.29 is 19.5 Å². The summed E-state index contributed by atoms with van der Waals surface area (Å²) < 4.78 is 0. The van der Waals surface area contributed by atoms with E-state index in [4.69, 9.17) is 0 Å². The van der Waals surface area contributed by atoms with Crippen molar-refractivity contribution in [3.05, 3.63) is 29.8 Å². The van der Waals surface area contributed by atoms with Crippen LogP contribution < -0.4 is 5.32 Å². The third kappa shape index (κ3) is 3.27. The smallest absolute Gasteiger partial charge is 0.321 e. The fourth-order valence-electron chi connectivity index (χ4n) is 2.49. The normalized spacial score (nSPS) is 20.7. The number of Topliss-reactive ketones (excluding diaryl/α,β-unsaturated/α-hetero) is 1. The molecule has 2 N–H and O–H groups in total. The lowest BCUT2D eigenvalue weighted by atomic mass is 9.90. The van der Waals surface area contributed by atoms with Crippen LogP contribution in [0.3, 0.4) is 0 Å². The Hall–Kier alpha value is -2.37. The molecule has 1 aliphatic heterocycles. The Morgan fingerprint density at radius 3 is 2.68 bits per heavy atom. The van der Waals surface area contributed by atoms with Gasteiger partial charge in [-0.05, 0) is 25.5 Å². The Labute approximate surface area is 129 Å². The molecule has 1 aromatic carbocycles. The SMILES string of the molecule is CCC(=O)c1cccc(NC(=O)N2CCC(C)(C(=O)O)C2)c1. The average molecular weight is 304 g/mol. The number of nitrogens with one attached hydrogen (secondary N) is 1. The molecule has 1 fully saturated rings. The zero-order valence-electron chi connectivity index (χ0n) is 12.8. The number of carbonyl (C=O) groups excluding carboxylic acids is 2. The summed E-state index contributed by atoms with van der Waals surface area (Å²) in [5, 5.41) is 11.9. The Bertz CT molecular complexity index is 614. The molecular weight excluding hydrogens is 284 g/mol. The van der Waals surface area contributed by atoms with E-state index in [2.05, 4.69) is 5.32 Å². The number of ketones is 1. The first kappa shape index (κ1) is 16.0.